The first-order chi connectivity index (χ1) is 11.4. The van der Waals surface area contributed by atoms with Crippen LogP contribution in [0, 0.1) is 9.62 Å². The van der Waals surface area contributed by atoms with Crippen LogP contribution in [0.15, 0.2) is 6.33 Å². The summed E-state index contributed by atoms with van der Waals surface area (Å²) in [5.41, 5.74) is 0.504. The van der Waals surface area contributed by atoms with E-state index in [-0.39, 0.29) is 18.4 Å². The normalized spacial score (nSPS) is 24.0. The van der Waals surface area contributed by atoms with Crippen LogP contribution in [0.2, 0.25) is 0 Å². The molecule has 1 fully saturated rings. The lowest BCUT2D eigenvalue weighted by Gasteiger charge is -2.13. The van der Waals surface area contributed by atoms with E-state index in [0.29, 0.717) is 27.0 Å². The third-order valence-corrected chi connectivity index (χ3v) is 4.62. The lowest BCUT2D eigenvalue weighted by atomic mass is 10.2. The van der Waals surface area contributed by atoms with Crippen molar-refractivity contribution in [2.75, 3.05) is 11.9 Å². The second kappa shape index (κ2) is 6.86. The molecule has 24 heavy (non-hydrogen) atoms. The molecule has 1 saturated heterocycles. The minimum absolute atomic E-state index is 0.147. The molecule has 0 radical (unpaired) electrons. The number of aliphatic hydroxyl groups excluding tert-OH is 2. The maximum atomic E-state index is 12.0. The maximum Gasteiger partial charge on any atom is 0.228 e. The summed E-state index contributed by atoms with van der Waals surface area (Å²) in [6, 6.07) is 0. The number of nitrogens with zero attached hydrogens (tertiary/aromatic N) is 4. The standard InChI is InChI=1S/C14H18IN5O4/c1-6(2)14(23)18-12-10-11(15)19-20(13(10)17-5-16-12)9-3-7(22)8(4-21)24-9/h5-9,21-22H,3-4H2,1-2H3,(H,16,17,18,23)/t7-,8+,9+/m0/s1. The Morgan fingerprint density at radius 3 is 2.92 bits per heavy atom. The number of ether oxygens (including phenoxy) is 1. The molecule has 0 saturated carbocycles. The molecule has 3 atom stereocenters. The SMILES string of the molecule is CC(C)C(=O)Nc1ncnc2c1c(I)nn2[C@H]1C[C@H](O)[C@@H](CO)O1. The number of halogens is 1. The van der Waals surface area contributed by atoms with Gasteiger partial charge in [-0.05, 0) is 22.6 Å². The molecule has 1 aliphatic rings. The number of aromatic nitrogens is 4. The monoisotopic (exact) mass is 447 g/mol. The summed E-state index contributed by atoms with van der Waals surface area (Å²) in [6.45, 7) is 3.33. The highest BCUT2D eigenvalue weighted by Gasteiger charge is 2.36. The number of fused-ring (bicyclic) bond motifs is 1. The van der Waals surface area contributed by atoms with Crippen molar-refractivity contribution < 1.29 is 19.7 Å². The van der Waals surface area contributed by atoms with E-state index in [1.165, 1.54) is 6.33 Å². The van der Waals surface area contributed by atoms with Gasteiger partial charge in [0.2, 0.25) is 5.91 Å². The van der Waals surface area contributed by atoms with E-state index < -0.39 is 18.4 Å². The number of anilines is 1. The van der Waals surface area contributed by atoms with Crippen molar-refractivity contribution in [3.05, 3.63) is 10.0 Å². The highest BCUT2D eigenvalue weighted by molar-refractivity contribution is 14.1. The number of carbonyl (C=O) groups is 1. The zero-order chi connectivity index (χ0) is 17.4. The van der Waals surface area contributed by atoms with E-state index in [2.05, 4.69) is 20.4 Å². The summed E-state index contributed by atoms with van der Waals surface area (Å²) >= 11 is 2.04. The van der Waals surface area contributed by atoms with Crippen molar-refractivity contribution in [2.45, 2.75) is 38.7 Å². The second-order valence-corrected chi connectivity index (χ2v) is 6.94. The summed E-state index contributed by atoms with van der Waals surface area (Å²) < 4.78 is 7.82. The van der Waals surface area contributed by atoms with Crippen molar-refractivity contribution >= 4 is 45.3 Å². The fourth-order valence-electron chi connectivity index (χ4n) is 2.52. The smallest absolute Gasteiger partial charge is 0.228 e. The first-order valence-electron chi connectivity index (χ1n) is 7.56. The molecule has 1 aliphatic heterocycles. The number of carbonyl (C=O) groups excluding carboxylic acids is 1. The van der Waals surface area contributed by atoms with Crippen LogP contribution >= 0.6 is 22.6 Å². The van der Waals surface area contributed by atoms with E-state index in [0.717, 1.165) is 0 Å². The van der Waals surface area contributed by atoms with Gasteiger partial charge in [0, 0.05) is 12.3 Å². The van der Waals surface area contributed by atoms with Crippen LogP contribution in [0.1, 0.15) is 26.5 Å². The molecule has 0 spiro atoms. The van der Waals surface area contributed by atoms with Crippen LogP contribution in [0.25, 0.3) is 11.0 Å². The summed E-state index contributed by atoms with van der Waals surface area (Å²) in [5.74, 6) is 0.0689. The Morgan fingerprint density at radius 1 is 1.54 bits per heavy atom. The highest BCUT2D eigenvalue weighted by Crippen LogP contribution is 2.33. The lowest BCUT2D eigenvalue weighted by Crippen LogP contribution is -2.24. The average Bonchev–Trinajstić information content (AvgIpc) is 3.08. The number of rotatable bonds is 4. The largest absolute Gasteiger partial charge is 0.394 e. The number of aliphatic hydroxyl groups is 2. The van der Waals surface area contributed by atoms with E-state index in [1.54, 1.807) is 18.5 Å². The van der Waals surface area contributed by atoms with Crippen LogP contribution < -0.4 is 5.32 Å². The van der Waals surface area contributed by atoms with Crippen molar-refractivity contribution in [3.8, 4) is 0 Å². The summed E-state index contributed by atoms with van der Waals surface area (Å²) in [4.78, 5) is 20.4. The van der Waals surface area contributed by atoms with Gasteiger partial charge >= 0.3 is 0 Å². The number of hydrogen-bond acceptors (Lipinski definition) is 7. The lowest BCUT2D eigenvalue weighted by molar-refractivity contribution is -0.118. The predicted octanol–water partition coefficient (Wildman–Crippen LogP) is 0.666. The molecular formula is C14H18IN5O4. The summed E-state index contributed by atoms with van der Waals surface area (Å²) in [7, 11) is 0. The van der Waals surface area contributed by atoms with E-state index in [4.69, 9.17) is 4.74 Å². The topological polar surface area (TPSA) is 122 Å². The Hall–Kier alpha value is -1.37. The van der Waals surface area contributed by atoms with Gasteiger partial charge in [0.25, 0.3) is 0 Å². The zero-order valence-corrected chi connectivity index (χ0v) is 15.3. The minimum Gasteiger partial charge on any atom is -0.394 e. The van der Waals surface area contributed by atoms with Crippen LogP contribution in [0.4, 0.5) is 5.82 Å². The van der Waals surface area contributed by atoms with E-state index in [1.807, 2.05) is 22.6 Å². The molecule has 3 N–H and O–H groups in total. The van der Waals surface area contributed by atoms with E-state index in [9.17, 15) is 15.0 Å². The Kier molecular flexibility index (Phi) is 4.99. The summed E-state index contributed by atoms with van der Waals surface area (Å²) in [5, 5.41) is 27.0. The van der Waals surface area contributed by atoms with Gasteiger partial charge in [-0.15, -0.1) is 0 Å². The van der Waals surface area contributed by atoms with Gasteiger partial charge in [0.05, 0.1) is 18.1 Å². The van der Waals surface area contributed by atoms with Crippen LogP contribution in [0.5, 0.6) is 0 Å². The third kappa shape index (κ3) is 3.10. The Balaban J connectivity index is 1.99. The van der Waals surface area contributed by atoms with Crippen LogP contribution in [0.3, 0.4) is 0 Å². The van der Waals surface area contributed by atoms with Crippen molar-refractivity contribution in [3.63, 3.8) is 0 Å². The first kappa shape index (κ1) is 17.5. The van der Waals surface area contributed by atoms with Gasteiger partial charge in [0.15, 0.2) is 11.9 Å². The molecule has 0 aromatic carbocycles. The Bertz CT molecular complexity index is 765. The average molecular weight is 447 g/mol. The fourth-order valence-corrected chi connectivity index (χ4v) is 3.25. The van der Waals surface area contributed by atoms with Gasteiger partial charge in [-0.2, -0.15) is 5.10 Å². The van der Waals surface area contributed by atoms with Crippen LogP contribution in [-0.4, -0.2) is 54.7 Å². The predicted molar refractivity (Wildman–Crippen MR) is 93.1 cm³/mol. The van der Waals surface area contributed by atoms with Gasteiger partial charge in [0.1, 0.15) is 21.9 Å². The molecule has 0 bridgehead atoms. The van der Waals surface area contributed by atoms with Crippen LogP contribution in [-0.2, 0) is 9.53 Å². The third-order valence-electron chi connectivity index (χ3n) is 3.87. The molecule has 3 rings (SSSR count). The first-order valence-corrected chi connectivity index (χ1v) is 8.64. The molecule has 9 nitrogen and oxygen atoms in total. The molecule has 2 aromatic heterocycles. The van der Waals surface area contributed by atoms with Gasteiger partial charge in [-0.1, -0.05) is 13.8 Å². The number of nitrogens with one attached hydrogen (secondary N) is 1. The minimum atomic E-state index is -0.765. The molecule has 130 valence electrons. The van der Waals surface area contributed by atoms with Gasteiger partial charge in [-0.3, -0.25) is 4.79 Å². The molecule has 0 aliphatic carbocycles. The van der Waals surface area contributed by atoms with Crippen molar-refractivity contribution in [1.29, 1.82) is 0 Å². The van der Waals surface area contributed by atoms with Crippen molar-refractivity contribution in [1.82, 2.24) is 19.7 Å². The molecule has 2 aromatic rings. The summed E-state index contributed by atoms with van der Waals surface area (Å²) in [6.07, 6.45) is -0.295. The van der Waals surface area contributed by atoms with Gasteiger partial charge in [-0.25, -0.2) is 14.6 Å². The molecule has 10 heteroatoms. The van der Waals surface area contributed by atoms with E-state index >= 15 is 0 Å². The number of hydrogen-bond donors (Lipinski definition) is 3. The Labute approximate surface area is 151 Å². The fraction of sp³-hybridized carbons (Fsp3) is 0.571. The quantitative estimate of drug-likeness (QED) is 0.589. The van der Waals surface area contributed by atoms with Crippen molar-refractivity contribution in [2.24, 2.45) is 5.92 Å². The molecule has 3 heterocycles. The Morgan fingerprint density at radius 2 is 2.29 bits per heavy atom. The molecule has 0 unspecified atom stereocenters. The number of amides is 1. The molecule has 1 amide bonds. The maximum absolute atomic E-state index is 12.0. The second-order valence-electron chi connectivity index (χ2n) is 5.92. The zero-order valence-electron chi connectivity index (χ0n) is 13.2. The molecular weight excluding hydrogens is 429 g/mol. The highest BCUT2D eigenvalue weighted by atomic mass is 127. The van der Waals surface area contributed by atoms with Gasteiger partial charge < -0.3 is 20.3 Å².